The van der Waals surface area contributed by atoms with Crippen molar-refractivity contribution in [3.8, 4) is 5.75 Å². The lowest BCUT2D eigenvalue weighted by atomic mass is 10.0. The van der Waals surface area contributed by atoms with Crippen molar-refractivity contribution in [2.75, 3.05) is 13.1 Å². The number of hydrogen-bond donors (Lipinski definition) is 2. The molecule has 0 aromatic heterocycles. The first-order chi connectivity index (χ1) is 11.5. The molecule has 0 saturated heterocycles. The molecule has 0 fully saturated rings. The van der Waals surface area contributed by atoms with Crippen molar-refractivity contribution in [1.29, 1.82) is 0 Å². The zero-order valence-corrected chi connectivity index (χ0v) is 14.3. The van der Waals surface area contributed by atoms with E-state index in [1.807, 2.05) is 6.08 Å². The third kappa shape index (κ3) is 9.61. The van der Waals surface area contributed by atoms with Crippen LogP contribution in [-0.4, -0.2) is 36.3 Å². The van der Waals surface area contributed by atoms with Crippen LogP contribution in [0, 0.1) is 0 Å². The van der Waals surface area contributed by atoms with Gasteiger partial charge in [0.05, 0.1) is 0 Å². The number of benzene rings is 1. The van der Waals surface area contributed by atoms with Gasteiger partial charge in [0.1, 0.15) is 11.4 Å². The highest BCUT2D eigenvalue weighted by Crippen LogP contribution is 2.26. The molecular formula is C17H22F3NO4. The number of alkyl halides is 3. The molecule has 25 heavy (non-hydrogen) atoms. The van der Waals surface area contributed by atoms with E-state index in [1.54, 1.807) is 32.9 Å². The van der Waals surface area contributed by atoms with E-state index >= 15 is 0 Å². The average molecular weight is 361 g/mol. The van der Waals surface area contributed by atoms with E-state index in [1.165, 1.54) is 12.1 Å². The van der Waals surface area contributed by atoms with Crippen LogP contribution in [0.4, 0.5) is 18.0 Å². The van der Waals surface area contributed by atoms with Crippen molar-refractivity contribution in [3.05, 3.63) is 35.9 Å². The second kappa shape index (κ2) is 8.75. The summed E-state index contributed by atoms with van der Waals surface area (Å²) >= 11 is 0. The normalized spacial score (nSPS) is 14.7. The molecule has 0 spiro atoms. The largest absolute Gasteiger partial charge is 0.573 e. The molecular weight excluding hydrogens is 339 g/mol. The van der Waals surface area contributed by atoms with E-state index in [4.69, 9.17) is 5.11 Å². The van der Waals surface area contributed by atoms with Gasteiger partial charge in [-0.05, 0) is 57.0 Å². The van der Waals surface area contributed by atoms with E-state index in [9.17, 15) is 18.0 Å². The molecule has 0 radical (unpaired) electrons. The van der Waals surface area contributed by atoms with Crippen LogP contribution in [0.2, 0.25) is 0 Å². The Bertz CT molecular complexity index is 589. The van der Waals surface area contributed by atoms with Gasteiger partial charge in [0, 0.05) is 6.54 Å². The number of rotatable bonds is 2. The average Bonchev–Trinajstić information content (AvgIpc) is 2.45. The highest BCUT2D eigenvalue weighted by molar-refractivity contribution is 5.67. The monoisotopic (exact) mass is 361 g/mol. The summed E-state index contributed by atoms with van der Waals surface area (Å²) < 4.78 is 44.0. The quantitative estimate of drug-likeness (QED) is 0.762. The van der Waals surface area contributed by atoms with Gasteiger partial charge in [-0.1, -0.05) is 18.2 Å². The van der Waals surface area contributed by atoms with Crippen molar-refractivity contribution < 1.29 is 32.5 Å². The van der Waals surface area contributed by atoms with Crippen LogP contribution < -0.4 is 10.1 Å². The third-order valence-corrected chi connectivity index (χ3v) is 2.92. The first kappa shape index (κ1) is 20.8. The fraction of sp³-hybridized carbons (Fsp3) is 0.471. The molecule has 1 aromatic carbocycles. The summed E-state index contributed by atoms with van der Waals surface area (Å²) in [6, 6.07) is 5.98. The van der Waals surface area contributed by atoms with Crippen molar-refractivity contribution >= 4 is 11.7 Å². The van der Waals surface area contributed by atoms with Crippen LogP contribution >= 0.6 is 0 Å². The Morgan fingerprint density at radius 1 is 1.16 bits per heavy atom. The molecule has 0 saturated carbocycles. The summed E-state index contributed by atoms with van der Waals surface area (Å²) in [7, 11) is 0. The molecule has 1 heterocycles. The number of carbonyl (C=O) groups is 1. The maximum absolute atomic E-state index is 12.0. The van der Waals surface area contributed by atoms with E-state index in [2.05, 4.69) is 14.8 Å². The fourth-order valence-corrected chi connectivity index (χ4v) is 2.02. The minimum absolute atomic E-state index is 0.184. The Hall–Kier alpha value is -2.22. The number of ether oxygens (including phenoxy) is 2. The zero-order valence-electron chi connectivity index (χ0n) is 14.3. The predicted octanol–water partition coefficient (Wildman–Crippen LogP) is 4.44. The van der Waals surface area contributed by atoms with Gasteiger partial charge in [0.15, 0.2) is 0 Å². The Balaban J connectivity index is 0.000000333. The van der Waals surface area contributed by atoms with Crippen LogP contribution in [0.3, 0.4) is 0 Å². The minimum atomic E-state index is -4.63. The van der Waals surface area contributed by atoms with Gasteiger partial charge in [0.2, 0.25) is 0 Å². The zero-order chi connectivity index (χ0) is 19.1. The van der Waals surface area contributed by atoms with Gasteiger partial charge < -0.3 is 19.9 Å². The standard InChI is InChI=1S/C12H12F3NO.C5H10O3/c13-12(14,15)17-11-3-1-9(2-4-11)10-5-7-16-8-6-10;1-5(2,3)8-4(6)7/h1-5,16H,6-8H2;1-3H3,(H,6,7). The highest BCUT2D eigenvalue weighted by atomic mass is 19.4. The Morgan fingerprint density at radius 3 is 2.12 bits per heavy atom. The van der Waals surface area contributed by atoms with Crippen LogP contribution in [0.25, 0.3) is 5.57 Å². The van der Waals surface area contributed by atoms with E-state index in [0.717, 1.165) is 30.6 Å². The van der Waals surface area contributed by atoms with Crippen molar-refractivity contribution in [2.24, 2.45) is 0 Å². The molecule has 0 bridgehead atoms. The van der Waals surface area contributed by atoms with Crippen LogP contribution in [0.1, 0.15) is 32.8 Å². The minimum Gasteiger partial charge on any atom is -0.450 e. The summed E-state index contributed by atoms with van der Waals surface area (Å²) in [5.74, 6) is -0.184. The Morgan fingerprint density at radius 2 is 1.76 bits per heavy atom. The number of hydrogen-bond acceptors (Lipinski definition) is 4. The molecule has 2 rings (SSSR count). The molecule has 140 valence electrons. The SMILES string of the molecule is CC(C)(C)OC(=O)O.FC(F)(F)Oc1ccc(C2=CCNCC2)cc1. The van der Waals surface area contributed by atoms with Gasteiger partial charge in [-0.25, -0.2) is 4.79 Å². The maximum atomic E-state index is 12.0. The summed E-state index contributed by atoms with van der Waals surface area (Å²) in [4.78, 5) is 9.79. The second-order valence-corrected chi connectivity index (χ2v) is 6.24. The molecule has 5 nitrogen and oxygen atoms in total. The van der Waals surface area contributed by atoms with Crippen molar-refractivity contribution in [1.82, 2.24) is 5.32 Å². The molecule has 0 amide bonds. The summed E-state index contributed by atoms with van der Waals surface area (Å²) in [5.41, 5.74) is 1.52. The molecule has 8 heteroatoms. The lowest BCUT2D eigenvalue weighted by Gasteiger charge is -2.15. The van der Waals surface area contributed by atoms with Gasteiger partial charge >= 0.3 is 12.5 Å². The fourth-order valence-electron chi connectivity index (χ4n) is 2.02. The lowest BCUT2D eigenvalue weighted by Crippen LogP contribution is -2.22. The number of halogens is 3. The second-order valence-electron chi connectivity index (χ2n) is 6.24. The third-order valence-electron chi connectivity index (χ3n) is 2.92. The van der Waals surface area contributed by atoms with Gasteiger partial charge in [-0.3, -0.25) is 0 Å². The topological polar surface area (TPSA) is 67.8 Å². The highest BCUT2D eigenvalue weighted by Gasteiger charge is 2.30. The van der Waals surface area contributed by atoms with Crippen LogP contribution in [-0.2, 0) is 4.74 Å². The summed E-state index contributed by atoms with van der Waals surface area (Å²) in [5, 5.41) is 11.2. The molecule has 1 aliphatic rings. The van der Waals surface area contributed by atoms with Crippen molar-refractivity contribution in [2.45, 2.75) is 39.2 Å². The summed E-state index contributed by atoms with van der Waals surface area (Å²) in [6.07, 6.45) is -2.92. The summed E-state index contributed by atoms with van der Waals surface area (Å²) in [6.45, 7) is 6.74. The van der Waals surface area contributed by atoms with E-state index in [-0.39, 0.29) is 5.75 Å². The van der Waals surface area contributed by atoms with Gasteiger partial charge in [0.25, 0.3) is 0 Å². The first-order valence-electron chi connectivity index (χ1n) is 7.64. The molecule has 0 aliphatic carbocycles. The van der Waals surface area contributed by atoms with Gasteiger partial charge in [-0.2, -0.15) is 0 Å². The van der Waals surface area contributed by atoms with Crippen molar-refractivity contribution in [3.63, 3.8) is 0 Å². The maximum Gasteiger partial charge on any atom is 0.573 e. The molecule has 2 N–H and O–H groups in total. The number of carboxylic acid groups (broad SMARTS) is 1. The van der Waals surface area contributed by atoms with Crippen LogP contribution in [0.15, 0.2) is 30.3 Å². The number of nitrogens with one attached hydrogen (secondary N) is 1. The Kier molecular flexibility index (Phi) is 7.29. The first-order valence-corrected chi connectivity index (χ1v) is 7.64. The molecule has 1 aromatic rings. The smallest absolute Gasteiger partial charge is 0.450 e. The molecule has 1 aliphatic heterocycles. The molecule has 0 unspecified atom stereocenters. The van der Waals surface area contributed by atoms with Crippen LogP contribution in [0.5, 0.6) is 5.75 Å². The van der Waals surface area contributed by atoms with E-state index < -0.39 is 18.1 Å². The Labute approximate surface area is 144 Å². The lowest BCUT2D eigenvalue weighted by molar-refractivity contribution is -0.274. The van der Waals surface area contributed by atoms with E-state index in [0.29, 0.717) is 0 Å². The predicted molar refractivity (Wildman–Crippen MR) is 87.5 cm³/mol. The molecule has 0 atom stereocenters. The van der Waals surface area contributed by atoms with Gasteiger partial charge in [-0.15, -0.1) is 13.2 Å².